The summed E-state index contributed by atoms with van der Waals surface area (Å²) in [5.41, 5.74) is 3.80. The van der Waals surface area contributed by atoms with E-state index in [4.69, 9.17) is 4.74 Å². The topological polar surface area (TPSA) is 75.6 Å². The maximum atomic E-state index is 13.9. The number of carbonyl (C=O) groups is 2. The number of amides is 1. The van der Waals surface area contributed by atoms with Gasteiger partial charge in [0.15, 0.2) is 0 Å². The number of methoxy groups -OCH3 is 1. The van der Waals surface area contributed by atoms with E-state index in [0.717, 1.165) is 30.4 Å². The highest BCUT2D eigenvalue weighted by Crippen LogP contribution is 2.43. The Kier molecular flexibility index (Phi) is 5.78. The molecule has 146 valence electrons. The van der Waals surface area contributed by atoms with Crippen LogP contribution in [0.3, 0.4) is 0 Å². The van der Waals surface area contributed by atoms with Crippen molar-refractivity contribution in [2.24, 2.45) is 0 Å². The fourth-order valence-electron chi connectivity index (χ4n) is 3.52. The standard InChI is InChI=1S/C22H22FNO4/c1-3-21(25)24-16-10-13(9-14(11-16)22(26)27)17-5-4-6-18(17)19-12-15(23)7-8-20(19)28-2/h7-12H,3-6H2,1-2H3,(H,24,25)(H,26,27). The molecule has 5 nitrogen and oxygen atoms in total. The second-order valence-corrected chi connectivity index (χ2v) is 6.66. The molecule has 0 heterocycles. The summed E-state index contributed by atoms with van der Waals surface area (Å²) in [4.78, 5) is 23.3. The molecule has 2 N–H and O–H groups in total. The summed E-state index contributed by atoms with van der Waals surface area (Å²) < 4.78 is 19.3. The first-order valence-corrected chi connectivity index (χ1v) is 9.17. The van der Waals surface area contributed by atoms with E-state index in [2.05, 4.69) is 5.32 Å². The monoisotopic (exact) mass is 383 g/mol. The molecule has 2 aromatic carbocycles. The van der Waals surface area contributed by atoms with Crippen molar-refractivity contribution in [2.75, 3.05) is 12.4 Å². The number of nitrogens with one attached hydrogen (secondary N) is 1. The average Bonchev–Trinajstić information content (AvgIpc) is 3.17. The number of allylic oxidation sites excluding steroid dienone is 2. The number of benzene rings is 2. The Bertz CT molecular complexity index is 965. The third-order valence-corrected chi connectivity index (χ3v) is 4.84. The molecule has 28 heavy (non-hydrogen) atoms. The van der Waals surface area contributed by atoms with Gasteiger partial charge < -0.3 is 15.2 Å². The van der Waals surface area contributed by atoms with Gasteiger partial charge in [-0.1, -0.05) is 6.92 Å². The minimum atomic E-state index is -1.07. The number of carboxylic acids is 1. The van der Waals surface area contributed by atoms with Gasteiger partial charge in [-0.2, -0.15) is 0 Å². The number of rotatable bonds is 6. The van der Waals surface area contributed by atoms with Crippen molar-refractivity contribution >= 4 is 28.7 Å². The molecular formula is C22H22FNO4. The van der Waals surface area contributed by atoms with Crippen LogP contribution in [0.5, 0.6) is 5.75 Å². The lowest BCUT2D eigenvalue weighted by Crippen LogP contribution is -2.11. The first-order chi connectivity index (χ1) is 13.4. The van der Waals surface area contributed by atoms with E-state index in [1.807, 2.05) is 0 Å². The summed E-state index contributed by atoms with van der Waals surface area (Å²) in [6.45, 7) is 1.73. The Morgan fingerprint density at radius 1 is 1.14 bits per heavy atom. The van der Waals surface area contributed by atoms with Gasteiger partial charge in [0, 0.05) is 17.7 Å². The van der Waals surface area contributed by atoms with Crippen molar-refractivity contribution in [2.45, 2.75) is 32.6 Å². The fraction of sp³-hybridized carbons (Fsp3) is 0.273. The molecule has 0 spiro atoms. The largest absolute Gasteiger partial charge is 0.496 e. The van der Waals surface area contributed by atoms with Crippen LogP contribution in [0.15, 0.2) is 36.4 Å². The Morgan fingerprint density at radius 2 is 1.89 bits per heavy atom. The molecule has 2 aromatic rings. The summed E-state index contributed by atoms with van der Waals surface area (Å²) in [6, 6.07) is 9.19. The Balaban J connectivity index is 2.15. The molecule has 0 saturated carbocycles. The predicted octanol–water partition coefficient (Wildman–Crippen LogP) is 4.98. The number of hydrogen-bond acceptors (Lipinski definition) is 3. The second kappa shape index (κ2) is 8.25. The van der Waals surface area contributed by atoms with Crippen molar-refractivity contribution in [1.82, 2.24) is 0 Å². The minimum Gasteiger partial charge on any atom is -0.496 e. The van der Waals surface area contributed by atoms with E-state index in [1.54, 1.807) is 25.1 Å². The van der Waals surface area contributed by atoms with E-state index >= 15 is 0 Å². The van der Waals surface area contributed by atoms with Gasteiger partial charge in [0.1, 0.15) is 11.6 Å². The number of aromatic carboxylic acids is 1. The lowest BCUT2D eigenvalue weighted by molar-refractivity contribution is -0.115. The lowest BCUT2D eigenvalue weighted by Gasteiger charge is -2.14. The normalized spacial score (nSPS) is 13.5. The van der Waals surface area contributed by atoms with Gasteiger partial charge in [-0.3, -0.25) is 4.79 Å². The van der Waals surface area contributed by atoms with Crippen LogP contribution in [-0.4, -0.2) is 24.1 Å². The molecule has 0 unspecified atom stereocenters. The summed E-state index contributed by atoms with van der Waals surface area (Å²) in [7, 11) is 1.54. The van der Waals surface area contributed by atoms with Gasteiger partial charge in [-0.05, 0) is 72.4 Å². The molecule has 1 amide bonds. The maximum Gasteiger partial charge on any atom is 0.335 e. The Morgan fingerprint density at radius 3 is 2.57 bits per heavy atom. The average molecular weight is 383 g/mol. The van der Waals surface area contributed by atoms with Crippen molar-refractivity contribution in [1.29, 1.82) is 0 Å². The lowest BCUT2D eigenvalue weighted by atomic mass is 9.94. The first-order valence-electron chi connectivity index (χ1n) is 9.17. The molecule has 6 heteroatoms. The van der Waals surface area contributed by atoms with Gasteiger partial charge in [-0.25, -0.2) is 9.18 Å². The quantitative estimate of drug-likeness (QED) is 0.738. The highest BCUT2D eigenvalue weighted by Gasteiger charge is 2.22. The fourth-order valence-corrected chi connectivity index (χ4v) is 3.52. The smallest absolute Gasteiger partial charge is 0.335 e. The van der Waals surface area contributed by atoms with Gasteiger partial charge in [0.25, 0.3) is 0 Å². The third kappa shape index (κ3) is 4.06. The van der Waals surface area contributed by atoms with Crippen LogP contribution in [0, 0.1) is 5.82 Å². The molecule has 1 aliphatic carbocycles. The van der Waals surface area contributed by atoms with Crippen LogP contribution in [0.1, 0.15) is 54.1 Å². The second-order valence-electron chi connectivity index (χ2n) is 6.66. The van der Waals surface area contributed by atoms with E-state index in [9.17, 15) is 19.1 Å². The van der Waals surface area contributed by atoms with Gasteiger partial charge >= 0.3 is 5.97 Å². The molecule has 0 fully saturated rings. The maximum absolute atomic E-state index is 13.9. The van der Waals surface area contributed by atoms with Gasteiger partial charge in [0.2, 0.25) is 5.91 Å². The molecule has 0 aromatic heterocycles. The SMILES string of the molecule is CCC(=O)Nc1cc(C(=O)O)cc(C2=C(c3cc(F)ccc3OC)CCC2)c1. The summed E-state index contributed by atoms with van der Waals surface area (Å²) in [6.07, 6.45) is 2.64. The zero-order valence-electron chi connectivity index (χ0n) is 15.8. The molecule has 0 aliphatic heterocycles. The number of hydrogen-bond donors (Lipinski definition) is 2. The number of carbonyl (C=O) groups excluding carboxylic acids is 1. The summed E-state index contributed by atoms with van der Waals surface area (Å²) in [5, 5.41) is 12.2. The molecule has 0 bridgehead atoms. The zero-order chi connectivity index (χ0) is 20.3. The van der Waals surface area contributed by atoms with Crippen LogP contribution >= 0.6 is 0 Å². The van der Waals surface area contributed by atoms with Gasteiger partial charge in [0.05, 0.1) is 12.7 Å². The minimum absolute atomic E-state index is 0.0915. The molecular weight excluding hydrogens is 361 g/mol. The highest BCUT2D eigenvalue weighted by molar-refractivity contribution is 5.99. The summed E-state index contributed by atoms with van der Waals surface area (Å²) >= 11 is 0. The van der Waals surface area contributed by atoms with Crippen LogP contribution in [0.2, 0.25) is 0 Å². The Labute approximate surface area is 162 Å². The summed E-state index contributed by atoms with van der Waals surface area (Å²) in [5.74, 6) is -1.05. The van der Waals surface area contributed by atoms with Crippen molar-refractivity contribution in [3.63, 3.8) is 0 Å². The highest BCUT2D eigenvalue weighted by atomic mass is 19.1. The predicted molar refractivity (Wildman–Crippen MR) is 106 cm³/mol. The molecule has 3 rings (SSSR count). The molecule has 0 radical (unpaired) electrons. The molecule has 0 saturated heterocycles. The van der Waals surface area contributed by atoms with Crippen LogP contribution in [0.4, 0.5) is 10.1 Å². The van der Waals surface area contributed by atoms with Crippen LogP contribution < -0.4 is 10.1 Å². The van der Waals surface area contributed by atoms with E-state index in [0.29, 0.717) is 29.0 Å². The third-order valence-electron chi connectivity index (χ3n) is 4.84. The van der Waals surface area contributed by atoms with Crippen LogP contribution in [-0.2, 0) is 4.79 Å². The van der Waals surface area contributed by atoms with Crippen molar-refractivity contribution in [3.05, 3.63) is 58.9 Å². The first kappa shape index (κ1) is 19.6. The van der Waals surface area contributed by atoms with E-state index in [1.165, 1.54) is 25.3 Å². The molecule has 0 atom stereocenters. The Hall–Kier alpha value is -3.15. The number of carboxylic acid groups (broad SMARTS) is 1. The van der Waals surface area contributed by atoms with E-state index < -0.39 is 5.97 Å². The van der Waals surface area contributed by atoms with Crippen molar-refractivity contribution in [3.8, 4) is 5.75 Å². The number of ether oxygens (including phenoxy) is 1. The number of anilines is 1. The van der Waals surface area contributed by atoms with Gasteiger partial charge in [-0.15, -0.1) is 0 Å². The zero-order valence-corrected chi connectivity index (χ0v) is 15.8. The molecule has 1 aliphatic rings. The number of halogens is 1. The van der Waals surface area contributed by atoms with E-state index in [-0.39, 0.29) is 17.3 Å². The van der Waals surface area contributed by atoms with Crippen molar-refractivity contribution < 1.29 is 23.8 Å². The van der Waals surface area contributed by atoms with Crippen LogP contribution in [0.25, 0.3) is 11.1 Å².